The molecule has 0 fully saturated rings. The molecule has 5 nitrogen and oxygen atoms in total. The van der Waals surface area contributed by atoms with Crippen molar-refractivity contribution in [2.75, 3.05) is 0 Å². The average Bonchev–Trinajstić information content (AvgIpc) is 2.81. The van der Waals surface area contributed by atoms with Gasteiger partial charge in [0.2, 0.25) is 0 Å². The molecular weight excluding hydrogens is 240 g/mol. The van der Waals surface area contributed by atoms with E-state index in [9.17, 15) is 0 Å². The highest BCUT2D eigenvalue weighted by Crippen LogP contribution is 2.16. The first kappa shape index (κ1) is 13.5. The fourth-order valence-electron chi connectivity index (χ4n) is 1.86. The molecule has 0 amide bonds. The van der Waals surface area contributed by atoms with Crippen molar-refractivity contribution in [2.24, 2.45) is 5.73 Å². The molecule has 0 bridgehead atoms. The molecule has 102 valence electrons. The van der Waals surface area contributed by atoms with Crippen LogP contribution >= 0.6 is 0 Å². The van der Waals surface area contributed by atoms with Crippen LogP contribution in [0.1, 0.15) is 36.8 Å². The highest BCUT2D eigenvalue weighted by molar-refractivity contribution is 5.26. The van der Waals surface area contributed by atoms with Crippen LogP contribution < -0.4 is 10.5 Å². The van der Waals surface area contributed by atoms with Gasteiger partial charge in [-0.2, -0.15) is 0 Å². The molecule has 0 aliphatic heterocycles. The smallest absolute Gasteiger partial charge is 0.132 e. The minimum atomic E-state index is 0.240. The van der Waals surface area contributed by atoms with E-state index in [2.05, 4.69) is 24.2 Å². The highest BCUT2D eigenvalue weighted by Gasteiger charge is 2.14. The summed E-state index contributed by atoms with van der Waals surface area (Å²) in [5, 5.41) is 8.21. The van der Waals surface area contributed by atoms with Crippen molar-refractivity contribution in [3.8, 4) is 5.75 Å². The Morgan fingerprint density at radius 2 is 1.95 bits per heavy atom. The third kappa shape index (κ3) is 3.12. The van der Waals surface area contributed by atoms with Gasteiger partial charge in [-0.05, 0) is 32.9 Å². The molecule has 19 heavy (non-hydrogen) atoms. The minimum Gasteiger partial charge on any atom is -0.487 e. The maximum atomic E-state index is 5.78. The molecule has 5 heteroatoms. The average molecular weight is 260 g/mol. The quantitative estimate of drug-likeness (QED) is 0.895. The van der Waals surface area contributed by atoms with Crippen molar-refractivity contribution in [2.45, 2.75) is 40.0 Å². The Bertz CT molecular complexity index is 531. The zero-order valence-corrected chi connectivity index (χ0v) is 11.6. The minimum absolute atomic E-state index is 0.240. The van der Waals surface area contributed by atoms with Crippen LogP contribution in [0.5, 0.6) is 5.75 Å². The summed E-state index contributed by atoms with van der Waals surface area (Å²) >= 11 is 0. The first-order valence-corrected chi connectivity index (χ1v) is 6.44. The number of rotatable bonds is 5. The molecule has 2 N–H and O–H groups in total. The molecule has 1 aromatic heterocycles. The molecule has 1 heterocycles. The normalized spacial score (nSPS) is 11.0. The maximum absolute atomic E-state index is 5.78. The van der Waals surface area contributed by atoms with Gasteiger partial charge in [0.1, 0.15) is 23.7 Å². The molecule has 2 aromatic rings. The molecule has 0 unspecified atom stereocenters. The lowest BCUT2D eigenvalue weighted by Gasteiger charge is -2.12. The van der Waals surface area contributed by atoms with E-state index in [4.69, 9.17) is 10.5 Å². The molecule has 0 saturated heterocycles. The molecule has 0 aliphatic rings. The van der Waals surface area contributed by atoms with Crippen molar-refractivity contribution in [1.82, 2.24) is 15.0 Å². The molecule has 0 atom stereocenters. The van der Waals surface area contributed by atoms with Gasteiger partial charge in [0.25, 0.3) is 0 Å². The Labute approximate surface area is 113 Å². The lowest BCUT2D eigenvalue weighted by Crippen LogP contribution is -2.12. The Morgan fingerprint density at radius 1 is 1.26 bits per heavy atom. The van der Waals surface area contributed by atoms with Crippen LogP contribution in [-0.4, -0.2) is 15.0 Å². The summed E-state index contributed by atoms with van der Waals surface area (Å²) in [7, 11) is 0. The summed E-state index contributed by atoms with van der Waals surface area (Å²) in [5.74, 6) is 0.838. The van der Waals surface area contributed by atoms with Gasteiger partial charge in [-0.25, -0.2) is 4.68 Å². The summed E-state index contributed by atoms with van der Waals surface area (Å²) in [4.78, 5) is 0. The number of aromatic nitrogens is 3. The van der Waals surface area contributed by atoms with E-state index in [1.165, 1.54) is 5.56 Å². The number of benzene rings is 1. The second kappa shape index (κ2) is 5.84. The van der Waals surface area contributed by atoms with Gasteiger partial charge >= 0.3 is 0 Å². The van der Waals surface area contributed by atoms with Crippen LogP contribution in [0.15, 0.2) is 24.3 Å². The van der Waals surface area contributed by atoms with E-state index in [0.717, 1.165) is 17.1 Å². The fraction of sp³-hybridized carbons (Fsp3) is 0.429. The molecule has 0 spiro atoms. The summed E-state index contributed by atoms with van der Waals surface area (Å²) in [6.45, 7) is 6.98. The van der Waals surface area contributed by atoms with Gasteiger partial charge in [-0.3, -0.25) is 0 Å². The topological polar surface area (TPSA) is 66.0 Å². The van der Waals surface area contributed by atoms with E-state index >= 15 is 0 Å². The number of nitrogens with zero attached hydrogens (tertiary/aromatic N) is 3. The summed E-state index contributed by atoms with van der Waals surface area (Å²) < 4.78 is 7.64. The Kier molecular flexibility index (Phi) is 4.16. The van der Waals surface area contributed by atoms with Gasteiger partial charge in [0.15, 0.2) is 0 Å². The fourth-order valence-corrected chi connectivity index (χ4v) is 1.86. The lowest BCUT2D eigenvalue weighted by molar-refractivity contribution is 0.286. The predicted octanol–water partition coefficient (Wildman–Crippen LogP) is 2.21. The summed E-state index contributed by atoms with van der Waals surface area (Å²) in [6.07, 6.45) is 0. The van der Waals surface area contributed by atoms with Crippen LogP contribution in [0.2, 0.25) is 0 Å². The monoisotopic (exact) mass is 260 g/mol. The zero-order chi connectivity index (χ0) is 13.8. The largest absolute Gasteiger partial charge is 0.487 e. The van der Waals surface area contributed by atoms with Crippen molar-refractivity contribution in [3.05, 3.63) is 41.2 Å². The molecule has 0 radical (unpaired) electrons. The Hall–Kier alpha value is -1.88. The van der Waals surface area contributed by atoms with Gasteiger partial charge in [0.05, 0.1) is 0 Å². The standard InChI is InChI=1S/C14H20N4O/c1-10(2)18-14(13(8-15)16-17-18)9-19-12-6-4-11(3)5-7-12/h4-7,10H,8-9,15H2,1-3H3. The third-order valence-electron chi connectivity index (χ3n) is 2.95. The van der Waals surface area contributed by atoms with Crippen molar-refractivity contribution < 1.29 is 4.74 Å². The first-order chi connectivity index (χ1) is 9.11. The SMILES string of the molecule is Cc1ccc(OCc2c(CN)nnn2C(C)C)cc1. The van der Waals surface area contributed by atoms with Crippen LogP contribution in [0.3, 0.4) is 0 Å². The van der Waals surface area contributed by atoms with Gasteiger partial charge in [0, 0.05) is 12.6 Å². The molecule has 0 aliphatic carbocycles. The zero-order valence-electron chi connectivity index (χ0n) is 11.6. The van der Waals surface area contributed by atoms with Crippen LogP contribution in [0, 0.1) is 6.92 Å². The molecule has 2 rings (SSSR count). The number of aryl methyl sites for hydroxylation is 1. The number of ether oxygens (including phenoxy) is 1. The van der Waals surface area contributed by atoms with Gasteiger partial charge in [-0.1, -0.05) is 22.9 Å². The highest BCUT2D eigenvalue weighted by atomic mass is 16.5. The number of nitrogens with two attached hydrogens (primary N) is 1. The van der Waals surface area contributed by atoms with Crippen molar-refractivity contribution >= 4 is 0 Å². The van der Waals surface area contributed by atoms with Gasteiger partial charge < -0.3 is 10.5 Å². The van der Waals surface area contributed by atoms with Crippen LogP contribution in [-0.2, 0) is 13.2 Å². The van der Waals surface area contributed by atoms with E-state index in [0.29, 0.717) is 13.2 Å². The molecule has 1 aromatic carbocycles. The maximum Gasteiger partial charge on any atom is 0.132 e. The summed E-state index contributed by atoms with van der Waals surface area (Å²) in [5.41, 5.74) is 8.63. The second-order valence-corrected chi connectivity index (χ2v) is 4.83. The lowest BCUT2D eigenvalue weighted by atomic mass is 10.2. The second-order valence-electron chi connectivity index (χ2n) is 4.83. The van der Waals surface area contributed by atoms with Gasteiger partial charge in [-0.15, -0.1) is 5.10 Å². The van der Waals surface area contributed by atoms with Crippen LogP contribution in [0.25, 0.3) is 0 Å². The van der Waals surface area contributed by atoms with Crippen LogP contribution in [0.4, 0.5) is 0 Å². The van der Waals surface area contributed by atoms with Crippen molar-refractivity contribution in [1.29, 1.82) is 0 Å². The third-order valence-corrected chi connectivity index (χ3v) is 2.95. The van der Waals surface area contributed by atoms with E-state index in [1.54, 1.807) is 0 Å². The van der Waals surface area contributed by atoms with E-state index in [-0.39, 0.29) is 6.04 Å². The number of hydrogen-bond acceptors (Lipinski definition) is 4. The Morgan fingerprint density at radius 3 is 2.53 bits per heavy atom. The molecule has 0 saturated carbocycles. The first-order valence-electron chi connectivity index (χ1n) is 6.44. The molecular formula is C14H20N4O. The van der Waals surface area contributed by atoms with Crippen molar-refractivity contribution in [3.63, 3.8) is 0 Å². The Balaban J connectivity index is 2.14. The summed E-state index contributed by atoms with van der Waals surface area (Å²) in [6, 6.07) is 8.21. The number of hydrogen-bond donors (Lipinski definition) is 1. The van der Waals surface area contributed by atoms with E-state index in [1.807, 2.05) is 35.9 Å². The van der Waals surface area contributed by atoms with E-state index < -0.39 is 0 Å². The predicted molar refractivity (Wildman–Crippen MR) is 73.8 cm³/mol.